The van der Waals surface area contributed by atoms with E-state index >= 15 is 0 Å². The maximum Gasteiger partial charge on any atom is 0.422 e. The van der Waals surface area contributed by atoms with Gasteiger partial charge in [-0.3, -0.25) is 19.4 Å². The number of rotatable bonds is 14. The van der Waals surface area contributed by atoms with E-state index in [1.165, 1.54) is 48.8 Å². The number of benzene rings is 2. The summed E-state index contributed by atoms with van der Waals surface area (Å²) in [5.41, 5.74) is 1.06. The molecule has 2 heterocycles. The summed E-state index contributed by atoms with van der Waals surface area (Å²) in [6, 6.07) is 13.7. The van der Waals surface area contributed by atoms with Crippen LogP contribution in [0, 0.1) is 0 Å². The summed E-state index contributed by atoms with van der Waals surface area (Å²) in [7, 11) is 0. The Labute approximate surface area is 292 Å². The molecule has 15 nitrogen and oxygen atoms in total. The van der Waals surface area contributed by atoms with Crippen LogP contribution in [-0.4, -0.2) is 74.1 Å². The zero-order valence-electron chi connectivity index (χ0n) is 26.3. The van der Waals surface area contributed by atoms with Gasteiger partial charge in [-0.15, -0.1) is 0 Å². The molecule has 266 valence electrons. The number of nitrogens with zero attached hydrogens (tertiary/aromatic N) is 4. The summed E-state index contributed by atoms with van der Waals surface area (Å²) in [6.07, 6.45) is -0.631. The Balaban J connectivity index is 1.20. The molecule has 5 rings (SSSR count). The van der Waals surface area contributed by atoms with Crippen molar-refractivity contribution in [2.75, 3.05) is 29.1 Å². The molecule has 2 aromatic heterocycles. The smallest absolute Gasteiger partial charge is 0.422 e. The standard InChI is InChI=1S/C32H29ClF3N9O6/c33-20-5-3-19(4-6-20)31(12-13-31)45-29-42-28(43-30(44-29)51-17-32(34,35)36)40-21-7-1-18(2-8-21)24(46)41-23(27(49)50)11-16-38-25(47)26(48)39-22-9-14-37-15-10-22/h1-10,14-15,23H,11-13,16-17H2,(H,38,47)(H,41,46)(H,49,50)(H,37,39,48)(H2,40,42,43,44,45)/t23-/m0/s1. The Kier molecular flexibility index (Phi) is 11.1. The third kappa shape index (κ3) is 10.5. The van der Waals surface area contributed by atoms with E-state index < -0.39 is 54.1 Å². The maximum atomic E-state index is 12.9. The molecular formula is C32H29ClF3N9O6. The number of aromatic nitrogens is 4. The second kappa shape index (κ2) is 15.7. The van der Waals surface area contributed by atoms with Gasteiger partial charge < -0.3 is 36.4 Å². The summed E-state index contributed by atoms with van der Waals surface area (Å²) in [6.45, 7) is -1.87. The van der Waals surface area contributed by atoms with Crippen LogP contribution in [0.4, 0.5) is 36.4 Å². The number of carbonyl (C=O) groups is 4. The van der Waals surface area contributed by atoms with Crippen molar-refractivity contribution in [2.45, 2.75) is 37.0 Å². The van der Waals surface area contributed by atoms with Crippen molar-refractivity contribution in [2.24, 2.45) is 0 Å². The third-order valence-corrected chi connectivity index (χ3v) is 7.60. The number of carboxylic acids is 1. The van der Waals surface area contributed by atoms with E-state index in [0.29, 0.717) is 29.2 Å². The average molecular weight is 728 g/mol. The van der Waals surface area contributed by atoms with Crippen molar-refractivity contribution in [3.63, 3.8) is 0 Å². The number of pyridine rings is 1. The molecule has 19 heteroatoms. The molecular weight excluding hydrogens is 699 g/mol. The van der Waals surface area contributed by atoms with Crippen LogP contribution in [0.2, 0.25) is 5.02 Å². The van der Waals surface area contributed by atoms with E-state index in [4.69, 9.17) is 16.3 Å². The van der Waals surface area contributed by atoms with Crippen LogP contribution in [0.15, 0.2) is 73.1 Å². The topological polar surface area (TPSA) is 209 Å². The molecule has 2 aromatic carbocycles. The number of halogens is 4. The third-order valence-electron chi connectivity index (χ3n) is 7.35. The van der Waals surface area contributed by atoms with E-state index in [-0.39, 0.29) is 30.4 Å². The van der Waals surface area contributed by atoms with Gasteiger partial charge in [0.1, 0.15) is 6.04 Å². The van der Waals surface area contributed by atoms with Crippen LogP contribution >= 0.6 is 11.6 Å². The number of alkyl halides is 3. The Bertz CT molecular complexity index is 1880. The highest BCUT2D eigenvalue weighted by atomic mass is 35.5. The Morgan fingerprint density at radius 1 is 0.882 bits per heavy atom. The van der Waals surface area contributed by atoms with Crippen molar-refractivity contribution >= 4 is 58.6 Å². The molecule has 1 atom stereocenters. The molecule has 4 aromatic rings. The first kappa shape index (κ1) is 36.2. The number of anilines is 4. The Morgan fingerprint density at radius 3 is 2.18 bits per heavy atom. The molecule has 0 bridgehead atoms. The lowest BCUT2D eigenvalue weighted by atomic mass is 10.1. The summed E-state index contributed by atoms with van der Waals surface area (Å²) in [5.74, 6) is -4.29. The van der Waals surface area contributed by atoms with Gasteiger partial charge in [0, 0.05) is 40.9 Å². The number of aliphatic carboxylic acids is 1. The fraction of sp³-hybridized carbons (Fsp3) is 0.250. The number of amides is 3. The largest absolute Gasteiger partial charge is 0.480 e. The van der Waals surface area contributed by atoms with E-state index in [1.54, 1.807) is 12.1 Å². The monoisotopic (exact) mass is 727 g/mol. The van der Waals surface area contributed by atoms with Crippen LogP contribution < -0.4 is 31.3 Å². The van der Waals surface area contributed by atoms with Gasteiger partial charge in [0.05, 0.1) is 5.54 Å². The number of ether oxygens (including phenoxy) is 1. The van der Waals surface area contributed by atoms with Crippen LogP contribution in [0.25, 0.3) is 0 Å². The second-order valence-corrected chi connectivity index (χ2v) is 11.6. The molecule has 0 aliphatic heterocycles. The lowest BCUT2D eigenvalue weighted by Crippen LogP contribution is -2.44. The molecule has 0 radical (unpaired) electrons. The first-order valence-electron chi connectivity index (χ1n) is 15.2. The van der Waals surface area contributed by atoms with Crippen molar-refractivity contribution < 1.29 is 42.2 Å². The predicted octanol–water partition coefficient (Wildman–Crippen LogP) is 4.03. The second-order valence-electron chi connectivity index (χ2n) is 11.2. The summed E-state index contributed by atoms with van der Waals surface area (Å²) in [4.78, 5) is 64.8. The number of hydrogen-bond acceptors (Lipinski definition) is 11. The van der Waals surface area contributed by atoms with Crippen LogP contribution in [0.3, 0.4) is 0 Å². The highest BCUT2D eigenvalue weighted by molar-refractivity contribution is 6.39. The SMILES string of the molecule is O=C(NCC[C@H](NC(=O)c1ccc(Nc2nc(NC3(c4ccc(Cl)cc4)CC3)nc(OCC(F)(F)F)n2)cc1)C(=O)O)C(=O)Nc1ccncc1. The minimum Gasteiger partial charge on any atom is -0.480 e. The first-order valence-corrected chi connectivity index (χ1v) is 15.6. The van der Waals surface area contributed by atoms with Gasteiger partial charge in [0.25, 0.3) is 5.91 Å². The maximum absolute atomic E-state index is 12.9. The fourth-order valence-electron chi connectivity index (χ4n) is 4.64. The van der Waals surface area contributed by atoms with Crippen molar-refractivity contribution in [3.8, 4) is 6.01 Å². The minimum absolute atomic E-state index is 0.0431. The molecule has 0 spiro atoms. The van der Waals surface area contributed by atoms with Gasteiger partial charge in [0.15, 0.2) is 6.61 Å². The molecule has 1 aliphatic rings. The van der Waals surface area contributed by atoms with Crippen molar-refractivity contribution in [1.82, 2.24) is 30.6 Å². The van der Waals surface area contributed by atoms with Crippen LogP contribution in [0.1, 0.15) is 35.2 Å². The molecule has 6 N–H and O–H groups in total. The molecule has 1 fully saturated rings. The normalized spacial score (nSPS) is 13.6. The first-order chi connectivity index (χ1) is 24.3. The summed E-state index contributed by atoms with van der Waals surface area (Å²) in [5, 5.41) is 23.2. The van der Waals surface area contributed by atoms with Crippen LogP contribution in [-0.2, 0) is 19.9 Å². The summed E-state index contributed by atoms with van der Waals surface area (Å²) < 4.78 is 43.5. The molecule has 0 saturated heterocycles. The number of hydrogen-bond donors (Lipinski definition) is 6. The summed E-state index contributed by atoms with van der Waals surface area (Å²) >= 11 is 6.01. The fourth-order valence-corrected chi connectivity index (χ4v) is 4.77. The highest BCUT2D eigenvalue weighted by Crippen LogP contribution is 2.48. The highest BCUT2D eigenvalue weighted by Gasteiger charge is 2.45. The zero-order valence-corrected chi connectivity index (χ0v) is 27.1. The van der Waals surface area contributed by atoms with E-state index in [0.717, 1.165) is 5.56 Å². The van der Waals surface area contributed by atoms with Crippen LogP contribution in [0.5, 0.6) is 6.01 Å². The number of carboxylic acid groups (broad SMARTS) is 1. The molecule has 0 unspecified atom stereocenters. The molecule has 1 aliphatic carbocycles. The van der Waals surface area contributed by atoms with E-state index in [1.807, 2.05) is 12.1 Å². The number of nitrogens with one attached hydrogen (secondary N) is 5. The van der Waals surface area contributed by atoms with Gasteiger partial charge in [-0.05, 0) is 73.4 Å². The van der Waals surface area contributed by atoms with Crippen molar-refractivity contribution in [1.29, 1.82) is 0 Å². The van der Waals surface area contributed by atoms with Gasteiger partial charge in [0.2, 0.25) is 11.9 Å². The quantitative estimate of drug-likeness (QED) is 0.102. The average Bonchev–Trinajstić information content (AvgIpc) is 3.87. The lowest BCUT2D eigenvalue weighted by Gasteiger charge is -2.19. The molecule has 3 amide bonds. The predicted molar refractivity (Wildman–Crippen MR) is 176 cm³/mol. The lowest BCUT2D eigenvalue weighted by molar-refractivity contribution is -0.154. The molecule has 1 saturated carbocycles. The van der Waals surface area contributed by atoms with E-state index in [2.05, 4.69) is 46.5 Å². The van der Waals surface area contributed by atoms with Gasteiger partial charge >= 0.3 is 30.0 Å². The van der Waals surface area contributed by atoms with Crippen molar-refractivity contribution in [3.05, 3.63) is 89.2 Å². The Hall–Kier alpha value is -6.04. The van der Waals surface area contributed by atoms with Gasteiger partial charge in [-0.1, -0.05) is 23.7 Å². The Morgan fingerprint density at radius 2 is 1.55 bits per heavy atom. The molecule has 51 heavy (non-hydrogen) atoms. The van der Waals surface area contributed by atoms with Gasteiger partial charge in [-0.25, -0.2) is 4.79 Å². The van der Waals surface area contributed by atoms with E-state index in [9.17, 15) is 37.5 Å². The van der Waals surface area contributed by atoms with Gasteiger partial charge in [-0.2, -0.15) is 28.1 Å². The number of carbonyl (C=O) groups excluding carboxylic acids is 3. The zero-order chi connectivity index (χ0) is 36.6. The minimum atomic E-state index is -4.64.